The molecule has 1 aromatic rings. The fraction of sp³-hybridized carbons (Fsp3) is 0.250. The number of nitrogens with zero attached hydrogens (tertiary/aromatic N) is 1. The fourth-order valence-electron chi connectivity index (χ4n) is 1.10. The van der Waals surface area contributed by atoms with Crippen LogP contribution in [-0.4, -0.2) is 10.0 Å². The molecule has 0 aliphatic heterocycles. The summed E-state index contributed by atoms with van der Waals surface area (Å²) in [6, 6.07) is 4.59. The van der Waals surface area contributed by atoms with Crippen molar-refractivity contribution in [1.82, 2.24) is 0 Å². The molecule has 0 saturated carbocycles. The van der Waals surface area contributed by atoms with Gasteiger partial charge in [-0.2, -0.15) is 0 Å². The van der Waals surface area contributed by atoms with Crippen LogP contribution in [-0.2, 0) is 0 Å². The van der Waals surface area contributed by atoms with E-state index in [2.05, 4.69) is 15.9 Å². The smallest absolute Gasteiger partial charge is 0.276 e. The molecule has 1 aromatic carbocycles. The Labute approximate surface area is 83.5 Å². The first-order valence-corrected chi connectivity index (χ1v) is 4.44. The third-order valence-corrected chi connectivity index (χ3v) is 2.34. The lowest BCUT2D eigenvalue weighted by molar-refractivity contribution is -0.386. The van der Waals surface area contributed by atoms with Gasteiger partial charge in [0.1, 0.15) is 0 Å². The number of aliphatic hydroxyl groups is 1. The maximum absolute atomic E-state index is 10.6. The second-order valence-corrected chi connectivity index (χ2v) is 3.46. The highest BCUT2D eigenvalue weighted by Gasteiger charge is 2.19. The van der Waals surface area contributed by atoms with E-state index in [1.165, 1.54) is 13.0 Å². The summed E-state index contributed by atoms with van der Waals surface area (Å²) < 4.78 is 0.552. The molecule has 5 heteroatoms. The second-order valence-electron chi connectivity index (χ2n) is 2.61. The number of hydrogen-bond acceptors (Lipinski definition) is 3. The Kier molecular flexibility index (Phi) is 3.00. The normalized spacial score (nSPS) is 12.5. The monoisotopic (exact) mass is 245 g/mol. The van der Waals surface area contributed by atoms with Crippen LogP contribution in [0.25, 0.3) is 0 Å². The van der Waals surface area contributed by atoms with Crippen LogP contribution in [0.4, 0.5) is 5.69 Å². The van der Waals surface area contributed by atoms with Gasteiger partial charge in [0, 0.05) is 10.5 Å². The zero-order valence-corrected chi connectivity index (χ0v) is 8.48. The predicted octanol–water partition coefficient (Wildman–Crippen LogP) is 2.41. The van der Waals surface area contributed by atoms with E-state index >= 15 is 0 Å². The minimum Gasteiger partial charge on any atom is -0.388 e. The van der Waals surface area contributed by atoms with Gasteiger partial charge < -0.3 is 5.11 Å². The van der Waals surface area contributed by atoms with E-state index in [4.69, 9.17) is 0 Å². The van der Waals surface area contributed by atoms with Crippen LogP contribution in [0.5, 0.6) is 0 Å². The summed E-state index contributed by atoms with van der Waals surface area (Å²) in [5, 5.41) is 19.9. The van der Waals surface area contributed by atoms with Gasteiger partial charge >= 0.3 is 0 Å². The first-order chi connectivity index (χ1) is 6.04. The van der Waals surface area contributed by atoms with E-state index in [0.717, 1.165) is 0 Å². The van der Waals surface area contributed by atoms with Crippen LogP contribution in [0.3, 0.4) is 0 Å². The number of nitro benzene ring substituents is 1. The summed E-state index contributed by atoms with van der Waals surface area (Å²) in [4.78, 5) is 10.0. The Balaban J connectivity index is 3.34. The number of aliphatic hydroxyl groups excluding tert-OH is 1. The molecule has 0 aliphatic rings. The molecule has 0 unspecified atom stereocenters. The van der Waals surface area contributed by atoms with Crippen molar-refractivity contribution in [2.75, 3.05) is 0 Å². The number of halogens is 1. The quantitative estimate of drug-likeness (QED) is 0.643. The van der Waals surface area contributed by atoms with E-state index in [1.807, 2.05) is 0 Å². The summed E-state index contributed by atoms with van der Waals surface area (Å²) in [6.45, 7) is 1.49. The molecule has 4 nitrogen and oxygen atoms in total. The minimum absolute atomic E-state index is 0.0654. The Hall–Kier alpha value is -0.940. The Bertz CT molecular complexity index is 338. The van der Waals surface area contributed by atoms with Gasteiger partial charge in [0.25, 0.3) is 5.69 Å². The first-order valence-electron chi connectivity index (χ1n) is 3.65. The van der Waals surface area contributed by atoms with Gasteiger partial charge in [0.2, 0.25) is 0 Å². The van der Waals surface area contributed by atoms with Crippen LogP contribution < -0.4 is 0 Å². The SMILES string of the molecule is C[C@H](O)c1c(Br)cccc1[N+](=O)[O-]. The fourth-order valence-corrected chi connectivity index (χ4v) is 1.79. The van der Waals surface area contributed by atoms with Crippen LogP contribution in [0, 0.1) is 10.1 Å². The standard InChI is InChI=1S/C8H8BrNO3/c1-5(11)8-6(9)3-2-4-7(8)10(12)13/h2-5,11H,1H3/t5-/m0/s1. The van der Waals surface area contributed by atoms with Crippen molar-refractivity contribution < 1.29 is 10.0 Å². The van der Waals surface area contributed by atoms with Gasteiger partial charge in [-0.1, -0.05) is 22.0 Å². The molecule has 13 heavy (non-hydrogen) atoms. The maximum Gasteiger partial charge on any atom is 0.276 e. The summed E-state index contributed by atoms with van der Waals surface area (Å²) in [6.07, 6.45) is -0.851. The summed E-state index contributed by atoms with van der Waals surface area (Å²) in [5.41, 5.74) is 0.247. The molecule has 0 saturated heterocycles. The van der Waals surface area contributed by atoms with Crippen LogP contribution in [0.15, 0.2) is 22.7 Å². The van der Waals surface area contributed by atoms with E-state index < -0.39 is 11.0 Å². The van der Waals surface area contributed by atoms with Gasteiger partial charge in [0.05, 0.1) is 16.6 Å². The maximum atomic E-state index is 10.6. The first kappa shape index (κ1) is 10.1. The lowest BCUT2D eigenvalue weighted by Gasteiger charge is -2.07. The lowest BCUT2D eigenvalue weighted by Crippen LogP contribution is -1.99. The van der Waals surface area contributed by atoms with E-state index in [1.54, 1.807) is 12.1 Å². The van der Waals surface area contributed by atoms with Gasteiger partial charge in [-0.15, -0.1) is 0 Å². The number of nitro groups is 1. The second kappa shape index (κ2) is 3.85. The zero-order chi connectivity index (χ0) is 10.0. The molecule has 0 heterocycles. The Morgan fingerprint density at radius 1 is 1.62 bits per heavy atom. The molecule has 1 rings (SSSR count). The molecule has 70 valence electrons. The van der Waals surface area contributed by atoms with Crippen molar-refractivity contribution in [3.05, 3.63) is 38.3 Å². The van der Waals surface area contributed by atoms with E-state index in [-0.39, 0.29) is 5.69 Å². The lowest BCUT2D eigenvalue weighted by atomic mass is 10.1. The number of benzene rings is 1. The van der Waals surface area contributed by atoms with Gasteiger partial charge in [-0.05, 0) is 13.0 Å². The molecule has 0 radical (unpaired) electrons. The highest BCUT2D eigenvalue weighted by atomic mass is 79.9. The number of hydrogen-bond donors (Lipinski definition) is 1. The molecule has 0 bridgehead atoms. The predicted molar refractivity (Wildman–Crippen MR) is 51.4 cm³/mol. The van der Waals surface area contributed by atoms with Crippen LogP contribution in [0.2, 0.25) is 0 Å². The highest BCUT2D eigenvalue weighted by molar-refractivity contribution is 9.10. The molecule has 0 fully saturated rings. The van der Waals surface area contributed by atoms with Crippen LogP contribution >= 0.6 is 15.9 Å². The highest BCUT2D eigenvalue weighted by Crippen LogP contribution is 2.31. The molecule has 0 spiro atoms. The van der Waals surface area contributed by atoms with Crippen molar-refractivity contribution in [2.24, 2.45) is 0 Å². The molecule has 1 atom stereocenters. The molecule has 0 amide bonds. The third kappa shape index (κ3) is 2.05. The molecule has 1 N–H and O–H groups in total. The summed E-state index contributed by atoms with van der Waals surface area (Å²) in [5.74, 6) is 0. The average Bonchev–Trinajstić information content (AvgIpc) is 2.02. The summed E-state index contributed by atoms with van der Waals surface area (Å²) in [7, 11) is 0. The van der Waals surface area contributed by atoms with Crippen molar-refractivity contribution in [1.29, 1.82) is 0 Å². The molecule has 0 aromatic heterocycles. The Morgan fingerprint density at radius 3 is 2.62 bits per heavy atom. The Morgan fingerprint density at radius 2 is 2.23 bits per heavy atom. The topological polar surface area (TPSA) is 63.4 Å². The van der Waals surface area contributed by atoms with Crippen molar-refractivity contribution in [3.8, 4) is 0 Å². The number of rotatable bonds is 2. The third-order valence-electron chi connectivity index (χ3n) is 1.64. The minimum atomic E-state index is -0.851. The van der Waals surface area contributed by atoms with Crippen molar-refractivity contribution in [2.45, 2.75) is 13.0 Å². The van der Waals surface area contributed by atoms with Gasteiger partial charge in [-0.3, -0.25) is 10.1 Å². The zero-order valence-electron chi connectivity index (χ0n) is 6.90. The van der Waals surface area contributed by atoms with Crippen molar-refractivity contribution in [3.63, 3.8) is 0 Å². The van der Waals surface area contributed by atoms with Crippen LogP contribution in [0.1, 0.15) is 18.6 Å². The molecular weight excluding hydrogens is 238 g/mol. The summed E-state index contributed by atoms with van der Waals surface area (Å²) >= 11 is 3.15. The van der Waals surface area contributed by atoms with E-state index in [0.29, 0.717) is 10.0 Å². The van der Waals surface area contributed by atoms with Crippen molar-refractivity contribution >= 4 is 21.6 Å². The average molecular weight is 246 g/mol. The van der Waals surface area contributed by atoms with Gasteiger partial charge in [-0.25, -0.2) is 0 Å². The van der Waals surface area contributed by atoms with E-state index in [9.17, 15) is 15.2 Å². The molecule has 0 aliphatic carbocycles. The largest absolute Gasteiger partial charge is 0.388 e. The molecular formula is C8H8BrNO3. The van der Waals surface area contributed by atoms with Gasteiger partial charge in [0.15, 0.2) is 0 Å².